The average Bonchev–Trinajstić information content (AvgIpc) is 2.93. The zero-order valence-corrected chi connectivity index (χ0v) is 12.4. The minimum atomic E-state index is 0.778. The highest BCUT2D eigenvalue weighted by Crippen LogP contribution is 2.40. The highest BCUT2D eigenvalue weighted by molar-refractivity contribution is 7.22. The molecule has 0 radical (unpaired) electrons. The molecule has 4 rings (SSSR count). The van der Waals surface area contributed by atoms with Crippen LogP contribution in [0, 0.1) is 0 Å². The van der Waals surface area contributed by atoms with Crippen molar-refractivity contribution >= 4 is 27.2 Å². The van der Waals surface area contributed by atoms with Crippen molar-refractivity contribution in [3.8, 4) is 21.7 Å². The fraction of sp³-hybridized carbons (Fsp3) is 0. The Hall–Kier alpha value is -2.79. The fourth-order valence-corrected chi connectivity index (χ4v) is 3.50. The van der Waals surface area contributed by atoms with Crippen molar-refractivity contribution in [3.63, 3.8) is 0 Å². The van der Waals surface area contributed by atoms with Crippen LogP contribution < -0.4 is 5.73 Å². The Morgan fingerprint density at radius 1 is 0.773 bits per heavy atom. The van der Waals surface area contributed by atoms with Crippen molar-refractivity contribution in [2.45, 2.75) is 0 Å². The zero-order chi connectivity index (χ0) is 14.9. The lowest BCUT2D eigenvalue weighted by molar-refractivity contribution is 1.31. The van der Waals surface area contributed by atoms with Crippen LogP contribution in [0.5, 0.6) is 0 Å². The van der Waals surface area contributed by atoms with Gasteiger partial charge in [-0.1, -0.05) is 0 Å². The predicted octanol–water partition coefficient (Wildman–Crippen LogP) is 4.00. The first-order valence-corrected chi connectivity index (χ1v) is 7.64. The van der Waals surface area contributed by atoms with Crippen molar-refractivity contribution in [2.75, 3.05) is 5.73 Å². The molecule has 0 fully saturated rings. The molecule has 22 heavy (non-hydrogen) atoms. The van der Waals surface area contributed by atoms with Crippen LogP contribution in [0.15, 0.2) is 61.2 Å². The van der Waals surface area contributed by atoms with Crippen LogP contribution in [-0.2, 0) is 0 Å². The Morgan fingerprint density at radius 2 is 1.41 bits per heavy atom. The fourth-order valence-electron chi connectivity index (χ4n) is 2.40. The number of anilines is 1. The summed E-state index contributed by atoms with van der Waals surface area (Å²) in [5.74, 6) is 0. The van der Waals surface area contributed by atoms with Gasteiger partial charge in [0.2, 0.25) is 0 Å². The van der Waals surface area contributed by atoms with Gasteiger partial charge in [-0.3, -0.25) is 9.97 Å². The van der Waals surface area contributed by atoms with Crippen molar-refractivity contribution in [2.24, 2.45) is 0 Å². The molecule has 0 saturated carbocycles. The largest absolute Gasteiger partial charge is 0.397 e. The standard InChI is InChI=1S/C17H12N4S/c18-15-13-1-2-14(11-3-7-19-8-4-11)21-17(13)22-16(15)12-5-9-20-10-6-12/h1-10H,18H2. The van der Waals surface area contributed by atoms with Crippen molar-refractivity contribution < 1.29 is 0 Å². The van der Waals surface area contributed by atoms with E-state index in [0.29, 0.717) is 0 Å². The molecular formula is C17H12N4S. The lowest BCUT2D eigenvalue weighted by Gasteiger charge is -2.00. The van der Waals surface area contributed by atoms with E-state index in [2.05, 4.69) is 9.97 Å². The summed E-state index contributed by atoms with van der Waals surface area (Å²) in [6, 6.07) is 11.9. The molecule has 4 aromatic rings. The second-order valence-electron chi connectivity index (χ2n) is 4.87. The Morgan fingerprint density at radius 3 is 2.09 bits per heavy atom. The number of nitrogens with two attached hydrogens (primary N) is 1. The number of hydrogen-bond donors (Lipinski definition) is 1. The summed E-state index contributed by atoms with van der Waals surface area (Å²) in [5, 5.41) is 0.995. The first kappa shape index (κ1) is 12.9. The van der Waals surface area contributed by atoms with Crippen LogP contribution in [0.2, 0.25) is 0 Å². The smallest absolute Gasteiger partial charge is 0.126 e. The van der Waals surface area contributed by atoms with Gasteiger partial charge in [0.1, 0.15) is 4.83 Å². The van der Waals surface area contributed by atoms with Gasteiger partial charge in [-0.25, -0.2) is 4.98 Å². The molecular weight excluding hydrogens is 292 g/mol. The van der Waals surface area contributed by atoms with Crippen LogP contribution in [-0.4, -0.2) is 15.0 Å². The van der Waals surface area contributed by atoms with E-state index in [1.165, 1.54) is 0 Å². The van der Waals surface area contributed by atoms with Gasteiger partial charge in [-0.05, 0) is 42.0 Å². The monoisotopic (exact) mass is 304 g/mol. The molecule has 0 aromatic carbocycles. The normalized spacial score (nSPS) is 10.9. The van der Waals surface area contributed by atoms with Gasteiger partial charge in [0.25, 0.3) is 0 Å². The number of nitrogens with zero attached hydrogens (tertiary/aromatic N) is 3. The number of thiophene rings is 1. The average molecular weight is 304 g/mol. The zero-order valence-electron chi connectivity index (χ0n) is 11.6. The Kier molecular flexibility index (Phi) is 3.05. The molecule has 2 N–H and O–H groups in total. The summed E-state index contributed by atoms with van der Waals surface area (Å²) in [4.78, 5) is 14.8. The molecule has 106 valence electrons. The Bertz CT molecular complexity index is 933. The van der Waals surface area contributed by atoms with Crippen LogP contribution in [0.1, 0.15) is 0 Å². The molecule has 0 aliphatic rings. The van der Waals surface area contributed by atoms with Crippen LogP contribution in [0.25, 0.3) is 31.9 Å². The van der Waals surface area contributed by atoms with E-state index < -0.39 is 0 Å². The minimum Gasteiger partial charge on any atom is -0.397 e. The first-order valence-electron chi connectivity index (χ1n) is 6.83. The quantitative estimate of drug-likeness (QED) is 0.608. The van der Waals surface area contributed by atoms with Crippen molar-refractivity contribution in [3.05, 3.63) is 61.2 Å². The second-order valence-corrected chi connectivity index (χ2v) is 5.86. The molecule has 0 saturated heterocycles. The van der Waals surface area contributed by atoms with E-state index in [9.17, 15) is 0 Å². The second kappa shape index (κ2) is 5.20. The molecule has 0 unspecified atom stereocenters. The maximum atomic E-state index is 6.30. The molecule has 4 heterocycles. The van der Waals surface area contributed by atoms with Crippen LogP contribution >= 0.6 is 11.3 Å². The van der Waals surface area contributed by atoms with Crippen molar-refractivity contribution in [1.82, 2.24) is 15.0 Å². The van der Waals surface area contributed by atoms with Gasteiger partial charge in [0.05, 0.1) is 16.3 Å². The summed E-state index contributed by atoms with van der Waals surface area (Å²) in [6.07, 6.45) is 7.09. The number of hydrogen-bond acceptors (Lipinski definition) is 5. The maximum absolute atomic E-state index is 6.30. The predicted molar refractivity (Wildman–Crippen MR) is 90.5 cm³/mol. The molecule has 0 atom stereocenters. The van der Waals surface area contributed by atoms with Gasteiger partial charge in [0.15, 0.2) is 0 Å². The molecule has 5 heteroatoms. The van der Waals surface area contributed by atoms with E-state index in [0.717, 1.165) is 37.6 Å². The summed E-state index contributed by atoms with van der Waals surface area (Å²) in [6.45, 7) is 0. The van der Waals surface area contributed by atoms with Gasteiger partial charge < -0.3 is 5.73 Å². The van der Waals surface area contributed by atoms with Crippen LogP contribution in [0.3, 0.4) is 0 Å². The number of rotatable bonds is 2. The topological polar surface area (TPSA) is 64.7 Å². The van der Waals surface area contributed by atoms with Crippen LogP contribution in [0.4, 0.5) is 5.69 Å². The number of fused-ring (bicyclic) bond motifs is 1. The minimum absolute atomic E-state index is 0.778. The van der Waals surface area contributed by atoms with Gasteiger partial charge in [-0.15, -0.1) is 11.3 Å². The summed E-state index contributed by atoms with van der Waals surface area (Å²) in [5.41, 5.74) is 10.1. The molecule has 0 bridgehead atoms. The molecule has 0 aliphatic carbocycles. The van der Waals surface area contributed by atoms with E-state index in [1.54, 1.807) is 36.1 Å². The van der Waals surface area contributed by atoms with Gasteiger partial charge >= 0.3 is 0 Å². The maximum Gasteiger partial charge on any atom is 0.126 e. The number of aromatic nitrogens is 3. The lowest BCUT2D eigenvalue weighted by Crippen LogP contribution is -1.87. The van der Waals surface area contributed by atoms with Gasteiger partial charge in [0, 0.05) is 35.7 Å². The number of nitrogen functional groups attached to an aromatic ring is 1. The SMILES string of the molecule is Nc1c(-c2ccncc2)sc2nc(-c3ccncc3)ccc12. The molecule has 0 amide bonds. The molecule has 0 spiro atoms. The molecule has 0 aliphatic heterocycles. The molecule has 4 nitrogen and oxygen atoms in total. The highest BCUT2D eigenvalue weighted by Gasteiger charge is 2.13. The van der Waals surface area contributed by atoms with E-state index in [4.69, 9.17) is 10.7 Å². The third kappa shape index (κ3) is 2.12. The van der Waals surface area contributed by atoms with E-state index in [1.807, 2.05) is 36.4 Å². The summed E-state index contributed by atoms with van der Waals surface area (Å²) < 4.78 is 0. The summed E-state index contributed by atoms with van der Waals surface area (Å²) in [7, 11) is 0. The van der Waals surface area contributed by atoms with Crippen molar-refractivity contribution in [1.29, 1.82) is 0 Å². The molecule has 4 aromatic heterocycles. The summed E-state index contributed by atoms with van der Waals surface area (Å²) >= 11 is 1.61. The third-order valence-corrected chi connectivity index (χ3v) is 4.68. The van der Waals surface area contributed by atoms with E-state index >= 15 is 0 Å². The first-order chi connectivity index (χ1) is 10.8. The lowest BCUT2D eigenvalue weighted by atomic mass is 10.1. The highest BCUT2D eigenvalue weighted by atomic mass is 32.1. The number of pyridine rings is 3. The van der Waals surface area contributed by atoms with Gasteiger partial charge in [-0.2, -0.15) is 0 Å². The Labute approximate surface area is 131 Å². The van der Waals surface area contributed by atoms with E-state index in [-0.39, 0.29) is 0 Å². The Balaban J connectivity index is 1.88. The third-order valence-electron chi connectivity index (χ3n) is 3.51.